The Kier molecular flexibility index (Phi) is 7.17. The number of aromatic nitrogens is 2. The molecule has 3 aromatic carbocycles. The van der Waals surface area contributed by atoms with Crippen molar-refractivity contribution in [3.8, 4) is 0 Å². The summed E-state index contributed by atoms with van der Waals surface area (Å²) in [5.74, 6) is 0.566. The van der Waals surface area contributed by atoms with Gasteiger partial charge in [-0.25, -0.2) is 9.37 Å². The first kappa shape index (κ1) is 22.0. The highest BCUT2D eigenvalue weighted by Crippen LogP contribution is 2.24. The molecule has 0 aliphatic heterocycles. The summed E-state index contributed by atoms with van der Waals surface area (Å²) >= 11 is 6.26. The van der Waals surface area contributed by atoms with Crippen molar-refractivity contribution in [1.82, 2.24) is 14.9 Å². The number of halogens is 2. The molecule has 1 amide bonds. The average molecular weight is 450 g/mol. The fraction of sp³-hybridized carbons (Fsp3) is 0.231. The van der Waals surface area contributed by atoms with Crippen LogP contribution in [0.1, 0.15) is 29.8 Å². The molecule has 164 valence electrons. The number of hydrogen-bond acceptors (Lipinski definition) is 2. The fourth-order valence-corrected chi connectivity index (χ4v) is 4.02. The summed E-state index contributed by atoms with van der Waals surface area (Å²) < 4.78 is 16.4. The molecular weight excluding hydrogens is 425 g/mol. The van der Waals surface area contributed by atoms with Crippen LogP contribution >= 0.6 is 11.6 Å². The Balaban J connectivity index is 1.39. The van der Waals surface area contributed by atoms with Gasteiger partial charge in [0.2, 0.25) is 5.91 Å². The van der Waals surface area contributed by atoms with Gasteiger partial charge in [0.1, 0.15) is 11.6 Å². The lowest BCUT2D eigenvalue weighted by Gasteiger charge is -2.12. The smallest absolute Gasteiger partial charge is 0.220 e. The van der Waals surface area contributed by atoms with Gasteiger partial charge < -0.3 is 9.88 Å². The molecule has 0 saturated carbocycles. The Labute approximate surface area is 192 Å². The van der Waals surface area contributed by atoms with Gasteiger partial charge in [-0.1, -0.05) is 60.1 Å². The Morgan fingerprint density at radius 2 is 1.75 bits per heavy atom. The Hall–Kier alpha value is -3.18. The third-order valence-corrected chi connectivity index (χ3v) is 5.85. The minimum Gasteiger partial charge on any atom is -0.356 e. The number of benzene rings is 3. The molecule has 4 aromatic rings. The average Bonchev–Trinajstić information content (AvgIpc) is 3.16. The zero-order valence-corrected chi connectivity index (χ0v) is 18.5. The van der Waals surface area contributed by atoms with Gasteiger partial charge in [0.05, 0.1) is 17.6 Å². The summed E-state index contributed by atoms with van der Waals surface area (Å²) in [7, 11) is 0. The second kappa shape index (κ2) is 10.4. The standard InChI is InChI=1S/C26H25ClFN3O/c27-21-10-6-11-22(28)20(21)18-31-24-13-5-4-12-23(24)30-25(31)14-7-17-29-26(32)16-15-19-8-2-1-3-9-19/h1-6,8-13H,7,14-18H2,(H,29,32). The molecule has 1 heterocycles. The molecule has 4 rings (SSSR count). The van der Waals surface area contributed by atoms with Gasteiger partial charge in [-0.05, 0) is 42.7 Å². The zero-order valence-electron chi connectivity index (χ0n) is 17.7. The molecule has 0 radical (unpaired) electrons. The zero-order chi connectivity index (χ0) is 22.3. The number of fused-ring (bicyclic) bond motifs is 1. The van der Waals surface area contributed by atoms with Crippen LogP contribution in [0.4, 0.5) is 4.39 Å². The molecule has 0 unspecified atom stereocenters. The van der Waals surface area contributed by atoms with Crippen LogP contribution in [-0.2, 0) is 24.2 Å². The first-order chi connectivity index (χ1) is 15.6. The number of amides is 1. The molecule has 0 atom stereocenters. The molecule has 0 aliphatic carbocycles. The van der Waals surface area contributed by atoms with Crippen LogP contribution in [0.5, 0.6) is 0 Å². The summed E-state index contributed by atoms with van der Waals surface area (Å²) in [6.07, 6.45) is 2.60. The van der Waals surface area contributed by atoms with E-state index in [0.717, 1.165) is 35.3 Å². The molecule has 0 saturated heterocycles. The van der Waals surface area contributed by atoms with Gasteiger partial charge in [0.15, 0.2) is 0 Å². The first-order valence-electron chi connectivity index (χ1n) is 10.8. The highest BCUT2D eigenvalue weighted by molar-refractivity contribution is 6.31. The number of carbonyl (C=O) groups excluding carboxylic acids is 1. The van der Waals surface area contributed by atoms with E-state index in [1.807, 2.05) is 59.2 Å². The molecule has 0 aliphatic rings. The molecule has 1 N–H and O–H groups in total. The summed E-state index contributed by atoms with van der Waals surface area (Å²) in [6.45, 7) is 0.877. The van der Waals surface area contributed by atoms with E-state index in [2.05, 4.69) is 5.32 Å². The van der Waals surface area contributed by atoms with Crippen molar-refractivity contribution in [3.63, 3.8) is 0 Å². The first-order valence-corrected chi connectivity index (χ1v) is 11.2. The number of aryl methyl sites for hydroxylation is 2. The van der Waals surface area contributed by atoms with Crippen molar-refractivity contribution in [3.05, 3.63) is 101 Å². The number of nitrogens with zero attached hydrogens (tertiary/aromatic N) is 2. The fourth-order valence-electron chi connectivity index (χ4n) is 3.80. The van der Waals surface area contributed by atoms with Gasteiger partial charge in [0, 0.05) is 30.0 Å². The molecule has 0 fully saturated rings. The van der Waals surface area contributed by atoms with Crippen LogP contribution in [0.25, 0.3) is 11.0 Å². The Bertz CT molecular complexity index is 1190. The van der Waals surface area contributed by atoms with E-state index in [0.29, 0.717) is 36.5 Å². The van der Waals surface area contributed by atoms with Gasteiger partial charge in [-0.2, -0.15) is 0 Å². The lowest BCUT2D eigenvalue weighted by atomic mass is 10.1. The second-order valence-electron chi connectivity index (χ2n) is 7.74. The lowest BCUT2D eigenvalue weighted by molar-refractivity contribution is -0.121. The van der Waals surface area contributed by atoms with E-state index in [1.165, 1.54) is 6.07 Å². The van der Waals surface area contributed by atoms with E-state index in [9.17, 15) is 9.18 Å². The van der Waals surface area contributed by atoms with Crippen LogP contribution in [0, 0.1) is 5.82 Å². The summed E-state index contributed by atoms with van der Waals surface area (Å²) in [5.41, 5.74) is 3.41. The minimum atomic E-state index is -0.327. The molecule has 0 spiro atoms. The van der Waals surface area contributed by atoms with E-state index >= 15 is 0 Å². The number of rotatable bonds is 9. The largest absolute Gasteiger partial charge is 0.356 e. The number of para-hydroxylation sites is 2. The van der Waals surface area contributed by atoms with Crippen molar-refractivity contribution in [2.24, 2.45) is 0 Å². The van der Waals surface area contributed by atoms with E-state index in [1.54, 1.807) is 12.1 Å². The highest BCUT2D eigenvalue weighted by atomic mass is 35.5. The number of hydrogen-bond donors (Lipinski definition) is 1. The van der Waals surface area contributed by atoms with Crippen LogP contribution in [-0.4, -0.2) is 22.0 Å². The molecule has 32 heavy (non-hydrogen) atoms. The van der Waals surface area contributed by atoms with E-state index < -0.39 is 0 Å². The van der Waals surface area contributed by atoms with Crippen LogP contribution in [0.15, 0.2) is 72.8 Å². The second-order valence-corrected chi connectivity index (χ2v) is 8.15. The summed E-state index contributed by atoms with van der Waals surface area (Å²) in [4.78, 5) is 16.9. The van der Waals surface area contributed by atoms with Crippen molar-refractivity contribution in [2.75, 3.05) is 6.54 Å². The third kappa shape index (κ3) is 5.35. The maximum Gasteiger partial charge on any atom is 0.220 e. The van der Waals surface area contributed by atoms with Crippen LogP contribution in [0.2, 0.25) is 5.02 Å². The predicted molar refractivity (Wildman–Crippen MR) is 126 cm³/mol. The van der Waals surface area contributed by atoms with Crippen LogP contribution in [0.3, 0.4) is 0 Å². The SMILES string of the molecule is O=C(CCc1ccccc1)NCCCc1nc2ccccc2n1Cc1c(F)cccc1Cl. The molecule has 0 bridgehead atoms. The summed E-state index contributed by atoms with van der Waals surface area (Å²) in [5, 5.41) is 3.39. The van der Waals surface area contributed by atoms with E-state index in [4.69, 9.17) is 16.6 Å². The van der Waals surface area contributed by atoms with Crippen molar-refractivity contribution < 1.29 is 9.18 Å². The predicted octanol–water partition coefficient (Wildman–Crippen LogP) is 5.56. The van der Waals surface area contributed by atoms with Gasteiger partial charge in [0.25, 0.3) is 0 Å². The number of nitrogens with one attached hydrogen (secondary N) is 1. The number of carbonyl (C=O) groups is 1. The Morgan fingerprint density at radius 1 is 0.969 bits per heavy atom. The van der Waals surface area contributed by atoms with Crippen molar-refractivity contribution in [1.29, 1.82) is 0 Å². The van der Waals surface area contributed by atoms with Crippen LogP contribution < -0.4 is 5.32 Å². The van der Waals surface area contributed by atoms with E-state index in [-0.39, 0.29) is 11.7 Å². The van der Waals surface area contributed by atoms with Crippen molar-refractivity contribution >= 4 is 28.5 Å². The quantitative estimate of drug-likeness (QED) is 0.340. The normalized spacial score (nSPS) is 11.1. The molecule has 4 nitrogen and oxygen atoms in total. The lowest BCUT2D eigenvalue weighted by Crippen LogP contribution is -2.25. The monoisotopic (exact) mass is 449 g/mol. The van der Waals surface area contributed by atoms with Gasteiger partial charge in [-0.15, -0.1) is 0 Å². The molecule has 1 aromatic heterocycles. The van der Waals surface area contributed by atoms with Crippen molar-refractivity contribution in [2.45, 2.75) is 32.2 Å². The molecule has 6 heteroatoms. The maximum absolute atomic E-state index is 14.4. The van der Waals surface area contributed by atoms with Gasteiger partial charge >= 0.3 is 0 Å². The summed E-state index contributed by atoms with van der Waals surface area (Å²) in [6, 6.07) is 22.5. The number of imidazole rings is 1. The maximum atomic E-state index is 14.4. The highest BCUT2D eigenvalue weighted by Gasteiger charge is 2.14. The molecular formula is C26H25ClFN3O. The topological polar surface area (TPSA) is 46.9 Å². The Morgan fingerprint density at radius 3 is 2.56 bits per heavy atom. The van der Waals surface area contributed by atoms with Gasteiger partial charge in [-0.3, -0.25) is 4.79 Å². The third-order valence-electron chi connectivity index (χ3n) is 5.49. The minimum absolute atomic E-state index is 0.0421.